The molecule has 0 bridgehead atoms. The Morgan fingerprint density at radius 3 is 2.78 bits per heavy atom. The molecule has 1 amide bonds. The van der Waals surface area contributed by atoms with E-state index >= 15 is 0 Å². The predicted molar refractivity (Wildman–Crippen MR) is 101 cm³/mol. The Morgan fingerprint density at radius 1 is 1.30 bits per heavy atom. The number of halogens is 3. The topological polar surface area (TPSA) is 42.7 Å². The molecule has 0 unspecified atom stereocenters. The van der Waals surface area contributed by atoms with E-state index in [4.69, 9.17) is 21.4 Å². The smallest absolute Gasteiger partial charge is 0.416 e. The molecule has 0 saturated carbocycles. The minimum absolute atomic E-state index is 0.251. The number of alkyl halides is 3. The van der Waals surface area contributed by atoms with Crippen LogP contribution < -0.4 is 0 Å². The summed E-state index contributed by atoms with van der Waals surface area (Å²) in [4.78, 5) is 14.2. The standard InChI is InChI=1S/C18H14F3NO3S2/c1-24-8-7-22-16(23)15(27-17(22)26)10-13-5-6-14(25-13)11-3-2-4-12(9-11)18(19,20)21/h2-6,9-10H,7-8H2,1H3/b15-10-. The van der Waals surface area contributed by atoms with Crippen molar-refractivity contribution in [3.63, 3.8) is 0 Å². The molecular weight excluding hydrogens is 399 g/mol. The number of hydrogen-bond acceptors (Lipinski definition) is 5. The minimum atomic E-state index is -4.43. The molecule has 27 heavy (non-hydrogen) atoms. The highest BCUT2D eigenvalue weighted by molar-refractivity contribution is 8.26. The number of methoxy groups -OCH3 is 1. The van der Waals surface area contributed by atoms with Crippen LogP contribution in [0, 0.1) is 0 Å². The van der Waals surface area contributed by atoms with Gasteiger partial charge in [-0.25, -0.2) is 0 Å². The first-order chi connectivity index (χ1) is 12.8. The van der Waals surface area contributed by atoms with Crippen molar-refractivity contribution in [3.05, 3.63) is 52.6 Å². The molecule has 142 valence electrons. The van der Waals surface area contributed by atoms with Crippen LogP contribution in [0.5, 0.6) is 0 Å². The second kappa shape index (κ2) is 7.87. The molecule has 0 N–H and O–H groups in total. The van der Waals surface area contributed by atoms with Crippen LogP contribution >= 0.6 is 24.0 Å². The number of thioether (sulfide) groups is 1. The third-order valence-corrected chi connectivity index (χ3v) is 5.14. The molecule has 9 heteroatoms. The lowest BCUT2D eigenvalue weighted by Crippen LogP contribution is -2.31. The van der Waals surface area contributed by atoms with E-state index in [9.17, 15) is 18.0 Å². The van der Waals surface area contributed by atoms with E-state index in [-0.39, 0.29) is 11.7 Å². The number of thiocarbonyl (C=S) groups is 1. The van der Waals surface area contributed by atoms with E-state index < -0.39 is 11.7 Å². The molecule has 1 aliphatic heterocycles. The summed E-state index contributed by atoms with van der Waals surface area (Å²) in [6.07, 6.45) is -2.90. The molecular formula is C18H14F3NO3S2. The largest absolute Gasteiger partial charge is 0.457 e. The van der Waals surface area contributed by atoms with Crippen molar-refractivity contribution >= 4 is 40.3 Å². The van der Waals surface area contributed by atoms with Crippen molar-refractivity contribution in [2.24, 2.45) is 0 Å². The summed E-state index contributed by atoms with van der Waals surface area (Å²) in [5, 5.41) is 0. The molecule has 1 saturated heterocycles. The Bertz CT molecular complexity index is 905. The van der Waals surface area contributed by atoms with Gasteiger partial charge in [-0.3, -0.25) is 9.69 Å². The van der Waals surface area contributed by atoms with E-state index in [0.29, 0.717) is 33.7 Å². The fourth-order valence-corrected chi connectivity index (χ4v) is 3.73. The van der Waals surface area contributed by atoms with Crippen LogP contribution in [-0.2, 0) is 15.7 Å². The average molecular weight is 413 g/mol. The first-order valence-corrected chi connectivity index (χ1v) is 9.04. The lowest BCUT2D eigenvalue weighted by atomic mass is 10.1. The Kier molecular flexibility index (Phi) is 5.73. The predicted octanol–water partition coefficient (Wildman–Crippen LogP) is 4.81. The molecule has 3 rings (SSSR count). The van der Waals surface area contributed by atoms with Crippen molar-refractivity contribution < 1.29 is 27.1 Å². The van der Waals surface area contributed by atoms with Crippen molar-refractivity contribution in [3.8, 4) is 11.3 Å². The van der Waals surface area contributed by atoms with Gasteiger partial charge in [-0.15, -0.1) is 0 Å². The maximum Gasteiger partial charge on any atom is 0.416 e. The normalized spacial score (nSPS) is 16.6. The van der Waals surface area contributed by atoms with E-state index in [2.05, 4.69) is 0 Å². The molecule has 0 spiro atoms. The van der Waals surface area contributed by atoms with Gasteiger partial charge in [0.25, 0.3) is 5.91 Å². The zero-order chi connectivity index (χ0) is 19.6. The molecule has 1 aromatic carbocycles. The first-order valence-electron chi connectivity index (χ1n) is 7.81. The van der Waals surface area contributed by atoms with Crippen molar-refractivity contribution in [1.82, 2.24) is 4.90 Å². The molecule has 0 atom stereocenters. The summed E-state index contributed by atoms with van der Waals surface area (Å²) in [7, 11) is 1.53. The fraction of sp³-hybridized carbons (Fsp3) is 0.222. The van der Waals surface area contributed by atoms with E-state index in [1.54, 1.807) is 12.1 Å². The van der Waals surface area contributed by atoms with Crippen LogP contribution in [-0.4, -0.2) is 35.4 Å². The molecule has 0 radical (unpaired) electrons. The van der Waals surface area contributed by atoms with Gasteiger partial charge in [-0.1, -0.05) is 36.1 Å². The summed E-state index contributed by atoms with van der Waals surface area (Å²) < 4.78 is 49.6. The molecule has 4 nitrogen and oxygen atoms in total. The Morgan fingerprint density at radius 2 is 2.07 bits per heavy atom. The average Bonchev–Trinajstić information content (AvgIpc) is 3.18. The maximum atomic E-state index is 12.9. The summed E-state index contributed by atoms with van der Waals surface area (Å²) in [5.74, 6) is 0.385. The highest BCUT2D eigenvalue weighted by atomic mass is 32.2. The van der Waals surface area contributed by atoms with Gasteiger partial charge in [-0.05, 0) is 24.3 Å². The lowest BCUT2D eigenvalue weighted by molar-refractivity contribution is -0.137. The monoisotopic (exact) mass is 413 g/mol. The Hall–Kier alpha value is -2.10. The highest BCUT2D eigenvalue weighted by Gasteiger charge is 2.32. The number of benzene rings is 1. The second-order valence-electron chi connectivity index (χ2n) is 5.61. The number of carbonyl (C=O) groups is 1. The summed E-state index contributed by atoms with van der Waals surface area (Å²) in [6, 6.07) is 8.03. The summed E-state index contributed by atoms with van der Waals surface area (Å²) in [6.45, 7) is 0.715. The van der Waals surface area contributed by atoms with Gasteiger partial charge in [0, 0.05) is 18.7 Å². The lowest BCUT2D eigenvalue weighted by Gasteiger charge is -2.12. The molecule has 2 aromatic rings. The van der Waals surface area contributed by atoms with Gasteiger partial charge in [0.05, 0.1) is 23.6 Å². The SMILES string of the molecule is COCCN1C(=O)/C(=C/c2ccc(-c3cccc(C(F)(F)F)c3)o2)SC1=S. The van der Waals surface area contributed by atoms with Gasteiger partial charge in [-0.2, -0.15) is 13.2 Å². The van der Waals surface area contributed by atoms with Gasteiger partial charge >= 0.3 is 6.18 Å². The quantitative estimate of drug-likeness (QED) is 0.520. The summed E-state index contributed by atoms with van der Waals surface area (Å²) in [5.41, 5.74) is -0.450. The van der Waals surface area contributed by atoms with Crippen molar-refractivity contribution in [2.45, 2.75) is 6.18 Å². The number of rotatable bonds is 5. The number of hydrogen-bond donors (Lipinski definition) is 0. The van der Waals surface area contributed by atoms with Gasteiger partial charge in [0.1, 0.15) is 15.8 Å². The molecule has 0 aliphatic carbocycles. The Balaban J connectivity index is 1.82. The minimum Gasteiger partial charge on any atom is -0.457 e. The van der Waals surface area contributed by atoms with E-state index in [1.165, 1.54) is 30.2 Å². The van der Waals surface area contributed by atoms with Crippen LogP contribution in [0.1, 0.15) is 11.3 Å². The highest BCUT2D eigenvalue weighted by Crippen LogP contribution is 2.35. The second-order valence-corrected chi connectivity index (χ2v) is 7.28. The van der Waals surface area contributed by atoms with Crippen LogP contribution in [0.3, 0.4) is 0 Å². The molecule has 2 heterocycles. The van der Waals surface area contributed by atoms with Crippen LogP contribution in [0.4, 0.5) is 13.2 Å². The zero-order valence-electron chi connectivity index (χ0n) is 14.1. The van der Waals surface area contributed by atoms with Gasteiger partial charge in [0.15, 0.2) is 0 Å². The van der Waals surface area contributed by atoms with Crippen molar-refractivity contribution in [2.75, 3.05) is 20.3 Å². The number of ether oxygens (including phenoxy) is 1. The Labute approximate surface area is 163 Å². The van der Waals surface area contributed by atoms with E-state index in [1.807, 2.05) is 0 Å². The molecule has 1 fully saturated rings. The number of furan rings is 1. The van der Waals surface area contributed by atoms with E-state index in [0.717, 1.165) is 23.9 Å². The fourth-order valence-electron chi connectivity index (χ4n) is 2.44. The summed E-state index contributed by atoms with van der Waals surface area (Å²) >= 11 is 6.33. The third kappa shape index (κ3) is 4.42. The zero-order valence-corrected chi connectivity index (χ0v) is 15.7. The maximum absolute atomic E-state index is 12.9. The van der Waals surface area contributed by atoms with Gasteiger partial charge in [0.2, 0.25) is 0 Å². The van der Waals surface area contributed by atoms with Crippen LogP contribution in [0.15, 0.2) is 45.7 Å². The van der Waals surface area contributed by atoms with Crippen molar-refractivity contribution in [1.29, 1.82) is 0 Å². The first kappa shape index (κ1) is 19.7. The molecule has 1 aliphatic rings. The number of amides is 1. The van der Waals surface area contributed by atoms with Crippen LogP contribution in [0.2, 0.25) is 0 Å². The molecule has 1 aromatic heterocycles. The van der Waals surface area contributed by atoms with Crippen LogP contribution in [0.25, 0.3) is 17.4 Å². The van der Waals surface area contributed by atoms with Gasteiger partial charge < -0.3 is 9.15 Å². The third-order valence-electron chi connectivity index (χ3n) is 3.77. The number of carbonyl (C=O) groups excluding carboxylic acids is 1. The number of nitrogens with zero attached hydrogens (tertiary/aromatic N) is 1.